The van der Waals surface area contributed by atoms with Gasteiger partial charge in [-0.25, -0.2) is 0 Å². The zero-order valence-electron chi connectivity index (χ0n) is 13.8. The number of benzene rings is 3. The fraction of sp³-hybridized carbons (Fsp3) is 0.143. The van der Waals surface area contributed by atoms with Crippen molar-refractivity contribution in [2.24, 2.45) is 0 Å². The molecule has 1 aromatic heterocycles. The molecule has 0 unspecified atom stereocenters. The van der Waals surface area contributed by atoms with Gasteiger partial charge >= 0.3 is 0 Å². The maximum atomic E-state index is 5.43. The van der Waals surface area contributed by atoms with Crippen LogP contribution < -0.4 is 9.47 Å². The molecule has 0 saturated carbocycles. The normalized spacial score (nSPS) is 11.1. The van der Waals surface area contributed by atoms with Crippen LogP contribution in [-0.4, -0.2) is 18.8 Å². The van der Waals surface area contributed by atoms with Crippen LogP contribution in [0.4, 0.5) is 0 Å². The fourth-order valence-corrected chi connectivity index (χ4v) is 3.25. The van der Waals surface area contributed by atoms with Crippen molar-refractivity contribution < 1.29 is 9.47 Å². The Kier molecular flexibility index (Phi) is 3.62. The van der Waals surface area contributed by atoms with Gasteiger partial charge in [0.1, 0.15) is 11.5 Å². The average Bonchev–Trinajstić information content (AvgIpc) is 2.95. The summed E-state index contributed by atoms with van der Waals surface area (Å²) in [5, 5.41) is 2.45. The van der Waals surface area contributed by atoms with E-state index in [0.29, 0.717) is 0 Å². The maximum absolute atomic E-state index is 5.43. The van der Waals surface area contributed by atoms with Crippen molar-refractivity contribution in [3.63, 3.8) is 0 Å². The van der Waals surface area contributed by atoms with E-state index in [1.165, 1.54) is 27.4 Å². The predicted molar refractivity (Wildman–Crippen MR) is 98.1 cm³/mol. The first kappa shape index (κ1) is 14.6. The van der Waals surface area contributed by atoms with Gasteiger partial charge in [0, 0.05) is 29.4 Å². The lowest BCUT2D eigenvalue weighted by atomic mass is 10.1. The second kappa shape index (κ2) is 5.93. The summed E-state index contributed by atoms with van der Waals surface area (Å²) in [6.07, 6.45) is 0. The fourth-order valence-electron chi connectivity index (χ4n) is 3.25. The van der Waals surface area contributed by atoms with E-state index in [4.69, 9.17) is 9.47 Å². The van der Waals surface area contributed by atoms with Crippen LogP contribution in [0.2, 0.25) is 0 Å². The van der Waals surface area contributed by atoms with Gasteiger partial charge in [0.15, 0.2) is 0 Å². The molecule has 24 heavy (non-hydrogen) atoms. The van der Waals surface area contributed by atoms with Crippen molar-refractivity contribution in [2.45, 2.75) is 6.54 Å². The molecule has 3 nitrogen and oxygen atoms in total. The molecule has 0 spiro atoms. The molecule has 4 rings (SSSR count). The Morgan fingerprint density at radius 3 is 1.75 bits per heavy atom. The third-order valence-corrected chi connectivity index (χ3v) is 4.47. The third-order valence-electron chi connectivity index (χ3n) is 4.47. The Bertz CT molecular complexity index is 941. The number of hydrogen-bond acceptors (Lipinski definition) is 2. The summed E-state index contributed by atoms with van der Waals surface area (Å²) in [6, 6.07) is 23.0. The van der Waals surface area contributed by atoms with E-state index >= 15 is 0 Å². The maximum Gasteiger partial charge on any atom is 0.120 e. The van der Waals surface area contributed by atoms with Gasteiger partial charge < -0.3 is 14.0 Å². The van der Waals surface area contributed by atoms with Crippen molar-refractivity contribution in [1.82, 2.24) is 4.57 Å². The van der Waals surface area contributed by atoms with Gasteiger partial charge in [-0.15, -0.1) is 0 Å². The van der Waals surface area contributed by atoms with Gasteiger partial charge in [0.2, 0.25) is 0 Å². The molecule has 3 aromatic carbocycles. The molecule has 0 aliphatic carbocycles. The summed E-state index contributed by atoms with van der Waals surface area (Å²) in [6.45, 7) is 0.807. The van der Waals surface area contributed by atoms with Crippen LogP contribution in [0.25, 0.3) is 21.8 Å². The van der Waals surface area contributed by atoms with Crippen molar-refractivity contribution in [3.05, 3.63) is 72.3 Å². The number of methoxy groups -OCH3 is 2. The molecule has 0 fully saturated rings. The van der Waals surface area contributed by atoms with Gasteiger partial charge in [-0.2, -0.15) is 0 Å². The van der Waals surface area contributed by atoms with Gasteiger partial charge in [0.05, 0.1) is 25.3 Å². The number of nitrogens with zero attached hydrogens (tertiary/aromatic N) is 1. The summed E-state index contributed by atoms with van der Waals surface area (Å²) < 4.78 is 13.2. The van der Waals surface area contributed by atoms with Gasteiger partial charge in [-0.05, 0) is 29.8 Å². The zero-order valence-corrected chi connectivity index (χ0v) is 13.8. The van der Waals surface area contributed by atoms with Gasteiger partial charge in [-0.1, -0.05) is 30.3 Å². The minimum absolute atomic E-state index is 0.807. The monoisotopic (exact) mass is 317 g/mol. The largest absolute Gasteiger partial charge is 0.497 e. The zero-order chi connectivity index (χ0) is 16.5. The van der Waals surface area contributed by atoms with Crippen LogP contribution in [0.5, 0.6) is 11.5 Å². The SMILES string of the molecule is COc1ccc2c3ccc(OC)cc3n(Cc3ccccc3)c2c1. The molecule has 3 heteroatoms. The Hall–Kier alpha value is -2.94. The Labute approximate surface area is 141 Å². The van der Waals surface area contributed by atoms with Crippen LogP contribution in [0.15, 0.2) is 66.7 Å². The van der Waals surface area contributed by atoms with E-state index < -0.39 is 0 Å². The lowest BCUT2D eigenvalue weighted by molar-refractivity contribution is 0.415. The Morgan fingerprint density at radius 2 is 1.25 bits per heavy atom. The predicted octanol–water partition coefficient (Wildman–Crippen LogP) is 4.86. The molecular formula is C21H19NO2. The van der Waals surface area contributed by atoms with Crippen molar-refractivity contribution >= 4 is 21.8 Å². The number of rotatable bonds is 4. The Morgan fingerprint density at radius 1 is 0.708 bits per heavy atom. The second-order valence-electron chi connectivity index (χ2n) is 5.84. The molecule has 1 heterocycles. The minimum atomic E-state index is 0.807. The number of hydrogen-bond donors (Lipinski definition) is 0. The van der Waals surface area contributed by atoms with E-state index in [9.17, 15) is 0 Å². The average molecular weight is 317 g/mol. The summed E-state index contributed by atoms with van der Waals surface area (Å²) in [5.74, 6) is 1.73. The molecule has 0 saturated heterocycles. The van der Waals surface area contributed by atoms with Gasteiger partial charge in [0.25, 0.3) is 0 Å². The lowest BCUT2D eigenvalue weighted by Gasteiger charge is -2.09. The molecule has 0 bridgehead atoms. The number of fused-ring (bicyclic) bond motifs is 3. The molecule has 4 aromatic rings. The summed E-state index contributed by atoms with van der Waals surface area (Å²) in [4.78, 5) is 0. The van der Waals surface area contributed by atoms with Crippen molar-refractivity contribution in [2.75, 3.05) is 14.2 Å². The topological polar surface area (TPSA) is 23.4 Å². The lowest BCUT2D eigenvalue weighted by Crippen LogP contribution is -1.99. The summed E-state index contributed by atoms with van der Waals surface area (Å²) in [7, 11) is 3.41. The van der Waals surface area contributed by atoms with Crippen LogP contribution in [0, 0.1) is 0 Å². The molecule has 0 amide bonds. The first-order valence-corrected chi connectivity index (χ1v) is 7.98. The smallest absolute Gasteiger partial charge is 0.120 e. The van der Waals surface area contributed by atoms with Crippen LogP contribution >= 0.6 is 0 Å². The minimum Gasteiger partial charge on any atom is -0.497 e. The first-order valence-electron chi connectivity index (χ1n) is 7.98. The second-order valence-corrected chi connectivity index (χ2v) is 5.84. The van der Waals surface area contributed by atoms with Crippen LogP contribution in [0.3, 0.4) is 0 Å². The highest BCUT2D eigenvalue weighted by Crippen LogP contribution is 2.34. The standard InChI is InChI=1S/C21H19NO2/c1-23-16-8-10-18-19-11-9-17(24-2)13-21(19)22(20(18)12-16)14-15-6-4-3-5-7-15/h3-13H,14H2,1-2H3. The molecular weight excluding hydrogens is 298 g/mol. The van der Waals surface area contributed by atoms with Crippen LogP contribution in [0.1, 0.15) is 5.56 Å². The van der Waals surface area contributed by atoms with Crippen molar-refractivity contribution in [1.29, 1.82) is 0 Å². The van der Waals surface area contributed by atoms with E-state index in [-0.39, 0.29) is 0 Å². The molecule has 0 aliphatic heterocycles. The van der Waals surface area contributed by atoms with E-state index in [0.717, 1.165) is 18.0 Å². The highest BCUT2D eigenvalue weighted by Gasteiger charge is 2.13. The third kappa shape index (κ3) is 2.38. The van der Waals surface area contributed by atoms with Crippen LogP contribution in [-0.2, 0) is 6.54 Å². The molecule has 0 radical (unpaired) electrons. The quantitative estimate of drug-likeness (QED) is 0.536. The highest BCUT2D eigenvalue weighted by molar-refractivity contribution is 6.08. The summed E-state index contributed by atoms with van der Waals surface area (Å²) >= 11 is 0. The van der Waals surface area contributed by atoms with Crippen molar-refractivity contribution in [3.8, 4) is 11.5 Å². The highest BCUT2D eigenvalue weighted by atomic mass is 16.5. The number of ether oxygens (including phenoxy) is 2. The molecule has 0 atom stereocenters. The molecule has 0 N–H and O–H groups in total. The Balaban J connectivity index is 2.01. The molecule has 0 aliphatic rings. The first-order chi connectivity index (χ1) is 11.8. The number of aromatic nitrogens is 1. The van der Waals surface area contributed by atoms with E-state index in [1.54, 1.807) is 14.2 Å². The van der Waals surface area contributed by atoms with E-state index in [1.807, 2.05) is 18.2 Å². The molecule has 120 valence electrons. The van der Waals surface area contributed by atoms with E-state index in [2.05, 4.69) is 53.1 Å². The van der Waals surface area contributed by atoms with Gasteiger partial charge in [-0.3, -0.25) is 0 Å². The summed E-state index contributed by atoms with van der Waals surface area (Å²) in [5.41, 5.74) is 3.60.